The molecule has 0 spiro atoms. The van der Waals surface area contributed by atoms with E-state index in [9.17, 15) is 14.7 Å². The molecule has 6 nitrogen and oxygen atoms in total. The Labute approximate surface area is 113 Å². The SMILES string of the molecule is CC(=O)O[C@H]1O[C@H](C)[C@@H](OC(C)=O)[C@H](O)[C@@H]1I. The molecular formula is C10H15IO6. The van der Waals surface area contributed by atoms with E-state index in [0.717, 1.165) is 0 Å². The van der Waals surface area contributed by atoms with Gasteiger partial charge in [0, 0.05) is 13.8 Å². The van der Waals surface area contributed by atoms with Crippen molar-refractivity contribution in [2.75, 3.05) is 0 Å². The third kappa shape index (κ3) is 3.78. The minimum atomic E-state index is -0.937. The van der Waals surface area contributed by atoms with Crippen molar-refractivity contribution in [1.29, 1.82) is 0 Å². The second-order valence-corrected chi connectivity index (χ2v) is 5.27. The molecule has 5 atom stereocenters. The van der Waals surface area contributed by atoms with Crippen molar-refractivity contribution in [3.8, 4) is 0 Å². The van der Waals surface area contributed by atoms with Crippen LogP contribution in [0.3, 0.4) is 0 Å². The van der Waals surface area contributed by atoms with Gasteiger partial charge < -0.3 is 19.3 Å². The molecule has 0 amide bonds. The molecule has 0 unspecified atom stereocenters. The van der Waals surface area contributed by atoms with Crippen molar-refractivity contribution in [3.63, 3.8) is 0 Å². The maximum atomic E-state index is 10.9. The first kappa shape index (κ1) is 14.7. The number of carbonyl (C=O) groups excluding carboxylic acids is 2. The van der Waals surface area contributed by atoms with Crippen molar-refractivity contribution in [2.45, 2.75) is 49.3 Å². The minimum absolute atomic E-state index is 0.484. The lowest BCUT2D eigenvalue weighted by Gasteiger charge is -2.40. The largest absolute Gasteiger partial charge is 0.457 e. The number of hydrogen-bond acceptors (Lipinski definition) is 6. The molecule has 0 aromatic carbocycles. The zero-order valence-corrected chi connectivity index (χ0v) is 11.9. The second kappa shape index (κ2) is 5.96. The quantitative estimate of drug-likeness (QED) is 0.437. The molecule has 0 aromatic heterocycles. The summed E-state index contributed by atoms with van der Waals surface area (Å²) in [5.41, 5.74) is 0. The molecule has 17 heavy (non-hydrogen) atoms. The van der Waals surface area contributed by atoms with Crippen LogP contribution >= 0.6 is 22.6 Å². The van der Waals surface area contributed by atoms with Gasteiger partial charge in [-0.1, -0.05) is 22.6 Å². The van der Waals surface area contributed by atoms with E-state index in [1.54, 1.807) is 6.92 Å². The van der Waals surface area contributed by atoms with Gasteiger partial charge in [-0.05, 0) is 6.92 Å². The molecule has 1 saturated heterocycles. The average molecular weight is 358 g/mol. The Balaban J connectivity index is 2.72. The van der Waals surface area contributed by atoms with Crippen LogP contribution in [-0.4, -0.2) is 45.6 Å². The van der Waals surface area contributed by atoms with Gasteiger partial charge in [-0.25, -0.2) is 0 Å². The van der Waals surface area contributed by atoms with Crippen molar-refractivity contribution in [1.82, 2.24) is 0 Å². The number of esters is 2. The van der Waals surface area contributed by atoms with Crippen molar-refractivity contribution in [2.24, 2.45) is 0 Å². The zero-order valence-electron chi connectivity index (χ0n) is 9.75. The molecule has 1 fully saturated rings. The van der Waals surface area contributed by atoms with Crippen LogP contribution in [0.4, 0.5) is 0 Å². The predicted molar refractivity (Wildman–Crippen MR) is 65.5 cm³/mol. The molecule has 1 aliphatic rings. The van der Waals surface area contributed by atoms with E-state index in [4.69, 9.17) is 14.2 Å². The molecule has 1 N–H and O–H groups in total. The van der Waals surface area contributed by atoms with Gasteiger partial charge in [-0.3, -0.25) is 9.59 Å². The first-order chi connectivity index (χ1) is 7.82. The number of rotatable bonds is 2. The molecule has 0 radical (unpaired) electrons. The topological polar surface area (TPSA) is 82.1 Å². The van der Waals surface area contributed by atoms with Crippen molar-refractivity contribution in [3.05, 3.63) is 0 Å². The summed E-state index contributed by atoms with van der Waals surface area (Å²) < 4.78 is 14.8. The minimum Gasteiger partial charge on any atom is -0.457 e. The lowest BCUT2D eigenvalue weighted by molar-refractivity contribution is -0.240. The highest BCUT2D eigenvalue weighted by molar-refractivity contribution is 14.1. The Bertz CT molecular complexity index is 307. The second-order valence-electron chi connectivity index (χ2n) is 3.83. The molecule has 7 heteroatoms. The summed E-state index contributed by atoms with van der Waals surface area (Å²) in [6, 6.07) is 0. The molecule has 0 saturated carbocycles. The summed E-state index contributed by atoms with van der Waals surface area (Å²) >= 11 is 1.91. The van der Waals surface area contributed by atoms with E-state index in [0.29, 0.717) is 0 Å². The standard InChI is InChI=1S/C10H15IO6/c1-4-9(16-5(2)12)8(14)7(11)10(15-4)17-6(3)13/h4,7-10,14H,1-3H3/t4-,7+,8-,9-,10-/m1/s1. The smallest absolute Gasteiger partial charge is 0.304 e. The summed E-state index contributed by atoms with van der Waals surface area (Å²) in [5.74, 6) is -0.971. The van der Waals surface area contributed by atoms with Crippen LogP contribution in [0.25, 0.3) is 0 Å². The molecule has 0 aliphatic carbocycles. The summed E-state index contributed by atoms with van der Waals surface area (Å²) in [4.78, 5) is 21.7. The first-order valence-electron chi connectivity index (χ1n) is 5.15. The molecule has 98 valence electrons. The van der Waals surface area contributed by atoms with Crippen LogP contribution in [0, 0.1) is 0 Å². The molecule has 1 aliphatic heterocycles. The highest BCUT2D eigenvalue weighted by Gasteiger charge is 2.45. The molecule has 0 aromatic rings. The van der Waals surface area contributed by atoms with Crippen LogP contribution < -0.4 is 0 Å². The van der Waals surface area contributed by atoms with Crippen molar-refractivity contribution >= 4 is 34.5 Å². The normalized spacial score (nSPS) is 37.4. The fourth-order valence-corrected chi connectivity index (χ4v) is 2.32. The summed E-state index contributed by atoms with van der Waals surface area (Å²) in [7, 11) is 0. The fraction of sp³-hybridized carbons (Fsp3) is 0.800. The van der Waals surface area contributed by atoms with Crippen LogP contribution in [0.2, 0.25) is 0 Å². The lowest BCUT2D eigenvalue weighted by atomic mass is 10.0. The van der Waals surface area contributed by atoms with Gasteiger partial charge in [0.25, 0.3) is 0 Å². The van der Waals surface area contributed by atoms with Crippen LogP contribution in [0.15, 0.2) is 0 Å². The van der Waals surface area contributed by atoms with Crippen LogP contribution in [0.5, 0.6) is 0 Å². The van der Waals surface area contributed by atoms with Gasteiger partial charge >= 0.3 is 11.9 Å². The van der Waals surface area contributed by atoms with Gasteiger partial charge in [0.2, 0.25) is 6.29 Å². The Morgan fingerprint density at radius 3 is 2.24 bits per heavy atom. The summed E-state index contributed by atoms with van der Waals surface area (Å²) in [6.07, 6.45) is -3.05. The lowest BCUT2D eigenvalue weighted by Crippen LogP contribution is -2.56. The van der Waals surface area contributed by atoms with Crippen LogP contribution in [0.1, 0.15) is 20.8 Å². The summed E-state index contributed by atoms with van der Waals surface area (Å²) in [6.45, 7) is 4.18. The molecule has 0 bridgehead atoms. The average Bonchev–Trinajstić information content (AvgIpc) is 2.20. The van der Waals surface area contributed by atoms with E-state index in [1.807, 2.05) is 22.6 Å². The number of alkyl halides is 1. The predicted octanol–water partition coefficient (Wildman–Crippen LogP) is 0.390. The first-order valence-corrected chi connectivity index (χ1v) is 6.39. The van der Waals surface area contributed by atoms with Gasteiger partial charge in [0.05, 0.1) is 6.10 Å². The number of carbonyl (C=O) groups is 2. The Morgan fingerprint density at radius 2 is 1.76 bits per heavy atom. The Hall–Kier alpha value is -0.410. The third-order valence-electron chi connectivity index (χ3n) is 2.32. The fourth-order valence-electron chi connectivity index (χ4n) is 1.60. The Kier molecular flexibility index (Phi) is 5.14. The van der Waals surface area contributed by atoms with Gasteiger partial charge in [0.1, 0.15) is 10.0 Å². The van der Waals surface area contributed by atoms with Crippen LogP contribution in [-0.2, 0) is 23.8 Å². The van der Waals surface area contributed by atoms with E-state index in [2.05, 4.69) is 0 Å². The van der Waals surface area contributed by atoms with E-state index in [1.165, 1.54) is 13.8 Å². The van der Waals surface area contributed by atoms with Gasteiger partial charge in [-0.2, -0.15) is 0 Å². The maximum absolute atomic E-state index is 10.9. The third-order valence-corrected chi connectivity index (χ3v) is 3.64. The van der Waals surface area contributed by atoms with Gasteiger partial charge in [0.15, 0.2) is 6.10 Å². The number of halogens is 1. The monoisotopic (exact) mass is 358 g/mol. The highest BCUT2D eigenvalue weighted by atomic mass is 127. The van der Waals surface area contributed by atoms with E-state index < -0.39 is 40.5 Å². The van der Waals surface area contributed by atoms with E-state index in [-0.39, 0.29) is 0 Å². The summed E-state index contributed by atoms with van der Waals surface area (Å²) in [5, 5.41) is 9.98. The molecular weight excluding hydrogens is 343 g/mol. The zero-order chi connectivity index (χ0) is 13.2. The number of ether oxygens (including phenoxy) is 3. The Morgan fingerprint density at radius 1 is 1.24 bits per heavy atom. The van der Waals surface area contributed by atoms with Crippen molar-refractivity contribution < 1.29 is 28.9 Å². The number of aliphatic hydroxyl groups is 1. The number of aliphatic hydroxyl groups excluding tert-OH is 1. The number of hydrogen-bond donors (Lipinski definition) is 1. The van der Waals surface area contributed by atoms with E-state index >= 15 is 0 Å². The maximum Gasteiger partial charge on any atom is 0.304 e. The highest BCUT2D eigenvalue weighted by Crippen LogP contribution is 2.29. The molecule has 1 rings (SSSR count). The molecule has 1 heterocycles. The van der Waals surface area contributed by atoms with Gasteiger partial charge in [-0.15, -0.1) is 0 Å².